The Labute approximate surface area is 188 Å². The van der Waals surface area contributed by atoms with Crippen molar-refractivity contribution < 1.29 is 19.1 Å². The summed E-state index contributed by atoms with van der Waals surface area (Å²) < 4.78 is 11.2. The van der Waals surface area contributed by atoms with Gasteiger partial charge in [-0.2, -0.15) is 0 Å². The lowest BCUT2D eigenvalue weighted by molar-refractivity contribution is 0.0714. The number of carbonyl (C=O) groups is 1. The predicted octanol–water partition coefficient (Wildman–Crippen LogP) is 4.91. The fourth-order valence-corrected chi connectivity index (χ4v) is 4.35. The van der Waals surface area contributed by atoms with Gasteiger partial charge in [0, 0.05) is 11.6 Å². The second kappa shape index (κ2) is 7.73. The van der Waals surface area contributed by atoms with Gasteiger partial charge in [0.05, 0.1) is 24.1 Å². The van der Waals surface area contributed by atoms with Crippen LogP contribution in [0.3, 0.4) is 0 Å². The first kappa shape index (κ1) is 20.2. The third kappa shape index (κ3) is 3.11. The summed E-state index contributed by atoms with van der Waals surface area (Å²) in [6.45, 7) is 0.173. The van der Waals surface area contributed by atoms with Crippen LogP contribution in [0.1, 0.15) is 33.3 Å². The van der Waals surface area contributed by atoms with Crippen molar-refractivity contribution in [1.29, 1.82) is 0 Å². The molecule has 6 nitrogen and oxygen atoms in total. The molecule has 0 radical (unpaired) electrons. The molecular weight excluding hydrogens is 430 g/mol. The van der Waals surface area contributed by atoms with Crippen molar-refractivity contribution in [3.63, 3.8) is 0 Å². The van der Waals surface area contributed by atoms with Crippen LogP contribution in [0.15, 0.2) is 75.9 Å². The Kier molecular flexibility index (Phi) is 4.87. The van der Waals surface area contributed by atoms with Gasteiger partial charge in [-0.05, 0) is 41.5 Å². The highest BCUT2D eigenvalue weighted by atomic mass is 35.5. The number of halogens is 1. The first-order valence-corrected chi connectivity index (χ1v) is 10.3. The van der Waals surface area contributed by atoms with Gasteiger partial charge in [-0.3, -0.25) is 9.59 Å². The number of benzene rings is 3. The lowest BCUT2D eigenvalue weighted by atomic mass is 9.98. The second-order valence-corrected chi connectivity index (χ2v) is 7.94. The first-order valence-electron chi connectivity index (χ1n) is 9.96. The van der Waals surface area contributed by atoms with E-state index in [1.807, 2.05) is 18.2 Å². The van der Waals surface area contributed by atoms with Crippen molar-refractivity contribution in [3.8, 4) is 11.5 Å². The molecule has 160 valence electrons. The van der Waals surface area contributed by atoms with Gasteiger partial charge in [-0.1, -0.05) is 48.0 Å². The number of fused-ring (bicyclic) bond motifs is 2. The van der Waals surface area contributed by atoms with Crippen LogP contribution in [0.25, 0.3) is 11.0 Å². The maximum absolute atomic E-state index is 13.5. The largest absolute Gasteiger partial charge is 0.504 e. The van der Waals surface area contributed by atoms with Crippen molar-refractivity contribution in [3.05, 3.63) is 104 Å². The summed E-state index contributed by atoms with van der Waals surface area (Å²) in [5, 5.41) is 11.0. The quantitative estimate of drug-likeness (QED) is 0.481. The number of nitrogens with zero attached hydrogens (tertiary/aromatic N) is 1. The van der Waals surface area contributed by atoms with E-state index in [9.17, 15) is 14.7 Å². The normalized spacial score (nSPS) is 15.2. The molecule has 7 heteroatoms. The summed E-state index contributed by atoms with van der Waals surface area (Å²) in [4.78, 5) is 28.5. The van der Waals surface area contributed by atoms with Crippen LogP contribution in [0, 0.1) is 0 Å². The number of para-hydroxylation sites is 1. The number of ether oxygens (including phenoxy) is 1. The number of hydrogen-bond acceptors (Lipinski definition) is 5. The smallest absolute Gasteiger partial charge is 0.291 e. The topological polar surface area (TPSA) is 80.0 Å². The second-order valence-electron chi connectivity index (χ2n) is 7.53. The zero-order chi connectivity index (χ0) is 22.4. The maximum atomic E-state index is 13.5. The summed E-state index contributed by atoms with van der Waals surface area (Å²) in [5.74, 6) is -0.187. The van der Waals surface area contributed by atoms with Gasteiger partial charge < -0.3 is 19.2 Å². The van der Waals surface area contributed by atoms with Crippen molar-refractivity contribution in [2.24, 2.45) is 0 Å². The molecule has 1 N–H and O–H groups in total. The Morgan fingerprint density at radius 3 is 2.59 bits per heavy atom. The van der Waals surface area contributed by atoms with Gasteiger partial charge in [0.2, 0.25) is 5.76 Å². The number of carbonyl (C=O) groups excluding carboxylic acids is 1. The molecule has 0 aliphatic carbocycles. The molecule has 1 aromatic heterocycles. The van der Waals surface area contributed by atoms with E-state index in [4.69, 9.17) is 20.8 Å². The molecule has 1 atom stereocenters. The molecule has 1 aliphatic rings. The van der Waals surface area contributed by atoms with Crippen LogP contribution in [-0.4, -0.2) is 23.0 Å². The molecule has 0 saturated heterocycles. The summed E-state index contributed by atoms with van der Waals surface area (Å²) in [6, 6.07) is 18.1. The zero-order valence-electron chi connectivity index (χ0n) is 17.0. The Morgan fingerprint density at radius 1 is 1.06 bits per heavy atom. The van der Waals surface area contributed by atoms with E-state index in [1.54, 1.807) is 47.4 Å². The number of amides is 1. The molecule has 0 fully saturated rings. The van der Waals surface area contributed by atoms with Gasteiger partial charge in [0.1, 0.15) is 5.58 Å². The van der Waals surface area contributed by atoms with E-state index >= 15 is 0 Å². The van der Waals surface area contributed by atoms with Crippen LogP contribution in [0.4, 0.5) is 0 Å². The zero-order valence-corrected chi connectivity index (χ0v) is 17.8. The summed E-state index contributed by atoms with van der Waals surface area (Å²) in [6.07, 6.45) is 0. The van der Waals surface area contributed by atoms with Crippen molar-refractivity contribution in [1.82, 2.24) is 4.90 Å². The van der Waals surface area contributed by atoms with Crippen molar-refractivity contribution in [2.75, 3.05) is 7.11 Å². The Morgan fingerprint density at radius 2 is 1.81 bits per heavy atom. The highest BCUT2D eigenvalue weighted by molar-refractivity contribution is 6.31. The Hall–Kier alpha value is -3.77. The van der Waals surface area contributed by atoms with Gasteiger partial charge in [0.15, 0.2) is 16.9 Å². The minimum atomic E-state index is -0.732. The first-order chi connectivity index (χ1) is 15.5. The molecular formula is C25H18ClNO5. The highest BCUT2D eigenvalue weighted by Crippen LogP contribution is 2.41. The minimum absolute atomic E-state index is 0.0118. The van der Waals surface area contributed by atoms with E-state index in [0.29, 0.717) is 21.6 Å². The molecule has 0 bridgehead atoms. The van der Waals surface area contributed by atoms with Crippen LogP contribution in [-0.2, 0) is 6.54 Å². The molecule has 0 saturated carbocycles. The summed E-state index contributed by atoms with van der Waals surface area (Å²) >= 11 is 6.36. The van der Waals surface area contributed by atoms with Crippen LogP contribution in [0.5, 0.6) is 11.5 Å². The third-order valence-electron chi connectivity index (χ3n) is 5.69. The number of rotatable bonds is 4. The molecule has 1 amide bonds. The van der Waals surface area contributed by atoms with Crippen molar-refractivity contribution >= 4 is 28.5 Å². The summed E-state index contributed by atoms with van der Waals surface area (Å²) in [5.41, 5.74) is 1.69. The predicted molar refractivity (Wildman–Crippen MR) is 120 cm³/mol. The van der Waals surface area contributed by atoms with E-state index in [2.05, 4.69) is 0 Å². The minimum Gasteiger partial charge on any atom is -0.504 e. The van der Waals surface area contributed by atoms with Gasteiger partial charge >= 0.3 is 0 Å². The molecule has 0 unspecified atom stereocenters. The monoisotopic (exact) mass is 447 g/mol. The average Bonchev–Trinajstić information content (AvgIpc) is 3.08. The molecule has 2 heterocycles. The highest BCUT2D eigenvalue weighted by Gasteiger charge is 2.43. The molecule has 32 heavy (non-hydrogen) atoms. The van der Waals surface area contributed by atoms with Crippen molar-refractivity contribution in [2.45, 2.75) is 12.6 Å². The van der Waals surface area contributed by atoms with Gasteiger partial charge in [-0.25, -0.2) is 0 Å². The lowest BCUT2D eigenvalue weighted by Crippen LogP contribution is -2.29. The number of hydrogen-bond donors (Lipinski definition) is 1. The van der Waals surface area contributed by atoms with E-state index in [-0.39, 0.29) is 34.8 Å². The lowest BCUT2D eigenvalue weighted by Gasteiger charge is -2.26. The number of methoxy groups -OCH3 is 1. The van der Waals surface area contributed by atoms with E-state index in [0.717, 1.165) is 5.56 Å². The SMILES string of the molecule is COc1cc([C@H]2c3c(oc4ccccc4c3=O)C(=O)N2Cc2ccccc2Cl)ccc1O. The number of phenolic OH excluding ortho intramolecular Hbond substituents is 1. The fraction of sp³-hybridized carbons (Fsp3) is 0.120. The van der Waals surface area contributed by atoms with Crippen LogP contribution >= 0.6 is 11.6 Å². The average molecular weight is 448 g/mol. The molecule has 4 aromatic rings. The molecule has 5 rings (SSSR count). The summed E-state index contributed by atoms with van der Waals surface area (Å²) in [7, 11) is 1.44. The standard InChI is InChI=1S/C25H18ClNO5/c1-31-20-12-14(10-11-18(20)28)22-21-23(29)16-7-3-5-9-19(16)32-24(21)25(30)27(22)13-15-6-2-4-8-17(15)26/h2-12,22,28H,13H2,1H3/t22-/m0/s1. The van der Waals surface area contributed by atoms with Gasteiger partial charge in [-0.15, -0.1) is 0 Å². The van der Waals surface area contributed by atoms with E-state index < -0.39 is 11.9 Å². The fourth-order valence-electron chi connectivity index (χ4n) is 4.15. The number of phenols is 1. The number of aromatic hydroxyl groups is 1. The van der Waals surface area contributed by atoms with E-state index in [1.165, 1.54) is 13.2 Å². The molecule has 0 spiro atoms. The molecule has 1 aliphatic heterocycles. The van der Waals surface area contributed by atoms with Crippen LogP contribution < -0.4 is 10.2 Å². The van der Waals surface area contributed by atoms with Gasteiger partial charge in [0.25, 0.3) is 5.91 Å². The molecule has 3 aromatic carbocycles. The third-order valence-corrected chi connectivity index (χ3v) is 6.06. The Bertz CT molecular complexity index is 1430. The Balaban J connectivity index is 1.75. The maximum Gasteiger partial charge on any atom is 0.291 e. The van der Waals surface area contributed by atoms with Crippen LogP contribution in [0.2, 0.25) is 5.02 Å².